The average molecular weight is 302 g/mol. The molecule has 0 radical (unpaired) electrons. The number of ether oxygens (including phenoxy) is 1. The van der Waals surface area contributed by atoms with Crippen molar-refractivity contribution in [1.29, 1.82) is 0 Å². The lowest BCUT2D eigenvalue weighted by atomic mass is 10.2. The molecule has 1 aromatic carbocycles. The van der Waals surface area contributed by atoms with Crippen LogP contribution in [0.2, 0.25) is 0 Å². The van der Waals surface area contributed by atoms with Gasteiger partial charge in [-0.05, 0) is 12.1 Å². The molecule has 1 heterocycles. The number of anilines is 2. The van der Waals surface area contributed by atoms with Crippen LogP contribution in [0.5, 0.6) is 5.75 Å². The van der Waals surface area contributed by atoms with Gasteiger partial charge in [0.25, 0.3) is 5.91 Å². The highest BCUT2D eigenvalue weighted by Crippen LogP contribution is 2.26. The standard InChI is InChI=1S/C15H15N3O4/c1-22-15(21)16-11-5-6-12(13(19)9-11)17-14(20)10-18-7-3-2-4-8-18/h2-9H,10H2,1H3,(H2-,16,17,19,20,21)/p+1. The lowest BCUT2D eigenvalue weighted by Gasteiger charge is -2.08. The Bertz CT molecular complexity index is 674. The van der Waals surface area contributed by atoms with E-state index in [1.807, 2.05) is 18.2 Å². The molecule has 0 fully saturated rings. The van der Waals surface area contributed by atoms with Gasteiger partial charge < -0.3 is 15.2 Å². The first-order chi connectivity index (χ1) is 10.6. The number of amides is 2. The van der Waals surface area contributed by atoms with Crippen LogP contribution in [0.1, 0.15) is 0 Å². The van der Waals surface area contributed by atoms with Crippen LogP contribution >= 0.6 is 0 Å². The van der Waals surface area contributed by atoms with Gasteiger partial charge in [-0.25, -0.2) is 4.79 Å². The molecule has 114 valence electrons. The molecule has 3 N–H and O–H groups in total. The number of pyridine rings is 1. The Hall–Kier alpha value is -3.09. The second kappa shape index (κ2) is 7.07. The highest BCUT2D eigenvalue weighted by Gasteiger charge is 2.12. The van der Waals surface area contributed by atoms with Crippen LogP contribution < -0.4 is 15.2 Å². The third-order valence-electron chi connectivity index (χ3n) is 2.81. The number of carbonyl (C=O) groups excluding carboxylic acids is 2. The van der Waals surface area contributed by atoms with E-state index in [2.05, 4.69) is 15.4 Å². The third kappa shape index (κ3) is 4.20. The normalized spacial score (nSPS) is 9.86. The molecule has 0 aliphatic rings. The van der Waals surface area contributed by atoms with Gasteiger partial charge in [0.1, 0.15) is 5.75 Å². The average Bonchev–Trinajstić information content (AvgIpc) is 2.51. The van der Waals surface area contributed by atoms with E-state index in [-0.39, 0.29) is 23.9 Å². The minimum atomic E-state index is -0.642. The maximum atomic E-state index is 11.9. The van der Waals surface area contributed by atoms with Crippen LogP contribution in [0.25, 0.3) is 0 Å². The van der Waals surface area contributed by atoms with Crippen LogP contribution in [-0.4, -0.2) is 24.2 Å². The summed E-state index contributed by atoms with van der Waals surface area (Å²) in [6.45, 7) is 0.127. The molecular formula is C15H16N3O4+. The molecule has 0 aliphatic carbocycles. The van der Waals surface area contributed by atoms with Gasteiger partial charge in [0.05, 0.1) is 12.8 Å². The first-order valence-electron chi connectivity index (χ1n) is 6.50. The van der Waals surface area contributed by atoms with E-state index in [4.69, 9.17) is 0 Å². The van der Waals surface area contributed by atoms with Crippen molar-refractivity contribution in [3.63, 3.8) is 0 Å². The van der Waals surface area contributed by atoms with Crippen molar-refractivity contribution in [2.45, 2.75) is 6.54 Å². The topological polar surface area (TPSA) is 91.5 Å². The number of nitrogens with zero attached hydrogens (tertiary/aromatic N) is 1. The van der Waals surface area contributed by atoms with E-state index in [1.54, 1.807) is 23.0 Å². The molecule has 7 nitrogen and oxygen atoms in total. The van der Waals surface area contributed by atoms with Gasteiger partial charge in [0.15, 0.2) is 12.4 Å². The first kappa shape index (κ1) is 15.3. The SMILES string of the molecule is COC(=O)Nc1ccc(NC(=O)C[n+]2ccccc2)c(O)c1. The van der Waals surface area contributed by atoms with E-state index < -0.39 is 6.09 Å². The molecule has 0 aliphatic heterocycles. The molecule has 22 heavy (non-hydrogen) atoms. The zero-order chi connectivity index (χ0) is 15.9. The van der Waals surface area contributed by atoms with Crippen molar-refractivity contribution in [1.82, 2.24) is 0 Å². The summed E-state index contributed by atoms with van der Waals surface area (Å²) in [5.41, 5.74) is 0.622. The fourth-order valence-corrected chi connectivity index (χ4v) is 1.78. The second-order valence-corrected chi connectivity index (χ2v) is 4.44. The molecule has 0 bridgehead atoms. The zero-order valence-electron chi connectivity index (χ0n) is 11.9. The predicted octanol–water partition coefficient (Wildman–Crippen LogP) is 1.50. The molecular weight excluding hydrogens is 286 g/mol. The van der Waals surface area contributed by atoms with Crippen LogP contribution in [-0.2, 0) is 16.1 Å². The van der Waals surface area contributed by atoms with Crippen molar-refractivity contribution >= 4 is 23.4 Å². The van der Waals surface area contributed by atoms with Crippen molar-refractivity contribution < 1.29 is 24.0 Å². The molecule has 2 aromatic rings. The van der Waals surface area contributed by atoms with Crippen LogP contribution in [0, 0.1) is 0 Å². The summed E-state index contributed by atoms with van der Waals surface area (Å²) in [7, 11) is 1.24. The Morgan fingerprint density at radius 2 is 1.91 bits per heavy atom. The Morgan fingerprint density at radius 1 is 1.18 bits per heavy atom. The number of hydrogen-bond acceptors (Lipinski definition) is 4. The summed E-state index contributed by atoms with van der Waals surface area (Å²) < 4.78 is 6.16. The summed E-state index contributed by atoms with van der Waals surface area (Å²) in [5.74, 6) is -0.430. The molecule has 0 spiro atoms. The minimum Gasteiger partial charge on any atom is -0.506 e. The lowest BCUT2D eigenvalue weighted by Crippen LogP contribution is -2.39. The summed E-state index contributed by atoms with van der Waals surface area (Å²) in [5, 5.41) is 14.9. The lowest BCUT2D eigenvalue weighted by molar-refractivity contribution is -0.684. The number of nitrogens with one attached hydrogen (secondary N) is 2. The summed E-state index contributed by atoms with van der Waals surface area (Å²) in [4.78, 5) is 23.0. The zero-order valence-corrected chi connectivity index (χ0v) is 11.9. The highest BCUT2D eigenvalue weighted by molar-refractivity contribution is 5.92. The molecule has 0 atom stereocenters. The van der Waals surface area contributed by atoms with E-state index in [0.29, 0.717) is 5.69 Å². The van der Waals surface area contributed by atoms with Crippen LogP contribution in [0.15, 0.2) is 48.8 Å². The maximum Gasteiger partial charge on any atom is 0.411 e. The number of methoxy groups -OCH3 is 1. The van der Waals surface area contributed by atoms with Crippen LogP contribution in [0.3, 0.4) is 0 Å². The number of phenols is 1. The van der Waals surface area contributed by atoms with Crippen molar-refractivity contribution in [3.8, 4) is 5.75 Å². The van der Waals surface area contributed by atoms with E-state index in [9.17, 15) is 14.7 Å². The van der Waals surface area contributed by atoms with Gasteiger partial charge in [-0.15, -0.1) is 0 Å². The fourth-order valence-electron chi connectivity index (χ4n) is 1.78. The molecule has 0 saturated heterocycles. The highest BCUT2D eigenvalue weighted by atomic mass is 16.5. The maximum absolute atomic E-state index is 11.9. The van der Waals surface area contributed by atoms with Gasteiger partial charge in [-0.1, -0.05) is 6.07 Å². The Morgan fingerprint density at radius 3 is 2.55 bits per heavy atom. The molecule has 2 rings (SSSR count). The first-order valence-corrected chi connectivity index (χ1v) is 6.50. The number of aromatic nitrogens is 1. The number of benzene rings is 1. The molecule has 7 heteroatoms. The number of carbonyl (C=O) groups is 2. The quantitative estimate of drug-likeness (QED) is 0.589. The van der Waals surface area contributed by atoms with Gasteiger partial charge >= 0.3 is 6.09 Å². The second-order valence-electron chi connectivity index (χ2n) is 4.44. The Labute approximate surface area is 127 Å². The Balaban J connectivity index is 2.00. The van der Waals surface area contributed by atoms with Crippen molar-refractivity contribution in [2.75, 3.05) is 17.7 Å². The molecule has 2 amide bonds. The Kier molecular flexibility index (Phi) is 4.92. The minimum absolute atomic E-state index is 0.127. The summed E-state index contributed by atoms with van der Waals surface area (Å²) in [6.07, 6.45) is 2.89. The van der Waals surface area contributed by atoms with Gasteiger partial charge in [0, 0.05) is 23.9 Å². The predicted molar refractivity (Wildman–Crippen MR) is 79.4 cm³/mol. The molecule has 0 unspecified atom stereocenters. The van der Waals surface area contributed by atoms with Gasteiger partial charge in [-0.3, -0.25) is 10.1 Å². The number of aromatic hydroxyl groups is 1. The molecule has 0 saturated carbocycles. The largest absolute Gasteiger partial charge is 0.506 e. The van der Waals surface area contributed by atoms with Gasteiger partial charge in [-0.2, -0.15) is 4.57 Å². The molecule has 1 aromatic heterocycles. The third-order valence-corrected chi connectivity index (χ3v) is 2.81. The summed E-state index contributed by atoms with van der Waals surface area (Å²) >= 11 is 0. The fraction of sp³-hybridized carbons (Fsp3) is 0.133. The number of phenolic OH excluding ortho intramolecular Hbond substituents is 1. The van der Waals surface area contributed by atoms with Crippen LogP contribution in [0.4, 0.5) is 16.2 Å². The van der Waals surface area contributed by atoms with Gasteiger partial charge in [0.2, 0.25) is 6.54 Å². The summed E-state index contributed by atoms with van der Waals surface area (Å²) in [6, 6.07) is 9.85. The van der Waals surface area contributed by atoms with E-state index >= 15 is 0 Å². The van der Waals surface area contributed by atoms with E-state index in [1.165, 1.54) is 19.2 Å². The van der Waals surface area contributed by atoms with Crippen molar-refractivity contribution in [2.24, 2.45) is 0 Å². The van der Waals surface area contributed by atoms with Crippen molar-refractivity contribution in [3.05, 3.63) is 48.8 Å². The number of hydrogen-bond donors (Lipinski definition) is 3. The monoisotopic (exact) mass is 302 g/mol. The smallest absolute Gasteiger partial charge is 0.411 e. The van der Waals surface area contributed by atoms with E-state index in [0.717, 1.165) is 0 Å². The number of rotatable bonds is 4.